The van der Waals surface area contributed by atoms with Gasteiger partial charge in [-0.3, -0.25) is 4.18 Å². The van der Waals surface area contributed by atoms with E-state index in [-0.39, 0.29) is 17.3 Å². The van der Waals surface area contributed by atoms with Gasteiger partial charge in [-0.15, -0.1) is 0 Å². The molecule has 2 saturated carbocycles. The molecule has 8 nitrogen and oxygen atoms in total. The fourth-order valence-corrected chi connectivity index (χ4v) is 7.37. The zero-order chi connectivity index (χ0) is 21.9. The number of nitrogens with two attached hydrogens (primary N) is 1. The van der Waals surface area contributed by atoms with Gasteiger partial charge in [0, 0.05) is 0 Å². The molecule has 1 aromatic carbocycles. The highest BCUT2D eigenvalue weighted by atomic mass is 32.2. The van der Waals surface area contributed by atoms with Crippen molar-refractivity contribution in [2.24, 2.45) is 22.4 Å². The number of fused-ring (bicyclic) bond motifs is 5. The number of aryl methyl sites for hydroxylation is 1. The van der Waals surface area contributed by atoms with Crippen LogP contribution in [0.2, 0.25) is 0 Å². The third-order valence-electron chi connectivity index (χ3n) is 7.42. The van der Waals surface area contributed by atoms with Crippen LogP contribution in [0.3, 0.4) is 0 Å². The average Bonchev–Trinajstić information content (AvgIpc) is 2.94. The van der Waals surface area contributed by atoms with E-state index in [1.165, 1.54) is 12.7 Å². The summed E-state index contributed by atoms with van der Waals surface area (Å²) in [6.07, 6.45) is 6.14. The minimum atomic E-state index is -4.14. The first kappa shape index (κ1) is 21.9. The molecule has 0 bridgehead atoms. The van der Waals surface area contributed by atoms with Crippen LogP contribution >= 0.6 is 0 Å². The Bertz CT molecular complexity index is 1050. The molecule has 4 rings (SSSR count). The van der Waals surface area contributed by atoms with E-state index in [4.69, 9.17) is 18.2 Å². The van der Waals surface area contributed by atoms with Crippen LogP contribution in [0.15, 0.2) is 12.1 Å². The van der Waals surface area contributed by atoms with E-state index >= 15 is 0 Å². The molecule has 0 spiro atoms. The van der Waals surface area contributed by atoms with Gasteiger partial charge >= 0.3 is 10.3 Å². The number of rotatable bonds is 5. The third kappa shape index (κ3) is 3.94. The largest absolute Gasteiger partial charge is 0.493 e. The van der Waals surface area contributed by atoms with Crippen molar-refractivity contribution in [2.75, 3.05) is 13.4 Å². The zero-order valence-electron chi connectivity index (χ0n) is 17.5. The molecule has 0 aliphatic heterocycles. The lowest BCUT2D eigenvalue weighted by Crippen LogP contribution is -2.45. The minimum Gasteiger partial charge on any atom is -0.493 e. The Morgan fingerprint density at radius 2 is 1.80 bits per heavy atom. The highest BCUT2D eigenvalue weighted by molar-refractivity contribution is 7.86. The molecule has 0 amide bonds. The Morgan fingerprint density at radius 3 is 2.43 bits per heavy atom. The molecule has 1 aromatic rings. The molecule has 3 aliphatic rings. The standard InChI is InChI=1S/C20H29NO7S2/c1-20-9-8-13-14(16(20)6-7-19(20)28-29(3,22)23)5-4-12-10-18(27-30(21,24)25)17(26-2)11-15(12)13/h10-11,13-14,16,19H,4-9H2,1-3H3,(H2,21,24,25)/t13-,14+,16-,19-,20-/m0/s1. The normalized spacial score (nSPS) is 33.3. The predicted octanol–water partition coefficient (Wildman–Crippen LogP) is 2.48. The summed E-state index contributed by atoms with van der Waals surface area (Å²) >= 11 is 0. The molecule has 0 saturated heterocycles. The van der Waals surface area contributed by atoms with Crippen molar-refractivity contribution in [3.8, 4) is 11.5 Å². The van der Waals surface area contributed by atoms with E-state index in [1.807, 2.05) is 6.07 Å². The smallest absolute Gasteiger partial charge is 0.380 e. The summed E-state index contributed by atoms with van der Waals surface area (Å²) in [6, 6.07) is 3.61. The molecule has 0 radical (unpaired) electrons. The highest BCUT2D eigenvalue weighted by Crippen LogP contribution is 2.62. The number of benzene rings is 1. The molecule has 5 atom stereocenters. The summed E-state index contributed by atoms with van der Waals surface area (Å²) in [4.78, 5) is 0. The van der Waals surface area contributed by atoms with Crippen molar-refractivity contribution in [3.05, 3.63) is 23.3 Å². The molecule has 0 unspecified atom stereocenters. The Balaban J connectivity index is 1.65. The molecule has 0 heterocycles. The van der Waals surface area contributed by atoms with Gasteiger partial charge in [-0.2, -0.15) is 22.0 Å². The summed E-state index contributed by atoms with van der Waals surface area (Å²) in [6.45, 7) is 2.18. The van der Waals surface area contributed by atoms with Crippen molar-refractivity contribution in [3.63, 3.8) is 0 Å². The first-order valence-electron chi connectivity index (χ1n) is 10.2. The second-order valence-electron chi connectivity index (χ2n) is 9.10. The van der Waals surface area contributed by atoms with Gasteiger partial charge in [0.2, 0.25) is 0 Å². The quantitative estimate of drug-likeness (QED) is 0.671. The average molecular weight is 460 g/mol. The molecule has 2 N–H and O–H groups in total. The van der Waals surface area contributed by atoms with Crippen LogP contribution in [0.5, 0.6) is 11.5 Å². The first-order chi connectivity index (χ1) is 13.9. The van der Waals surface area contributed by atoms with Crippen molar-refractivity contribution in [1.82, 2.24) is 0 Å². The monoisotopic (exact) mass is 459 g/mol. The van der Waals surface area contributed by atoms with Gasteiger partial charge in [0.25, 0.3) is 10.1 Å². The highest BCUT2D eigenvalue weighted by Gasteiger charge is 2.56. The number of hydrogen-bond donors (Lipinski definition) is 1. The summed E-state index contributed by atoms with van der Waals surface area (Å²) in [5.74, 6) is 1.60. The zero-order valence-corrected chi connectivity index (χ0v) is 19.1. The summed E-state index contributed by atoms with van der Waals surface area (Å²) < 4.78 is 62.1. The Kier molecular flexibility index (Phi) is 5.36. The van der Waals surface area contributed by atoms with Crippen LogP contribution in [0.4, 0.5) is 0 Å². The van der Waals surface area contributed by atoms with Gasteiger partial charge in [-0.25, -0.2) is 0 Å². The SMILES string of the molecule is COc1cc2c(cc1OS(N)(=O)=O)CC[C@@H]1[C@@H]2CC[C@]2(C)[C@@H](OS(C)(=O)=O)CC[C@@H]12. The fourth-order valence-electron chi connectivity index (χ4n) is 6.25. The summed E-state index contributed by atoms with van der Waals surface area (Å²) in [5, 5.41) is 5.04. The van der Waals surface area contributed by atoms with Crippen molar-refractivity contribution < 1.29 is 29.9 Å². The first-order valence-corrected chi connectivity index (χ1v) is 13.5. The number of methoxy groups -OCH3 is 1. The summed E-state index contributed by atoms with van der Waals surface area (Å²) in [5.41, 5.74) is 2.07. The molecule has 30 heavy (non-hydrogen) atoms. The minimum absolute atomic E-state index is 0.111. The van der Waals surface area contributed by atoms with Crippen LogP contribution in [-0.2, 0) is 31.0 Å². The van der Waals surface area contributed by atoms with E-state index in [9.17, 15) is 16.8 Å². The van der Waals surface area contributed by atoms with Crippen LogP contribution in [0.25, 0.3) is 0 Å². The predicted molar refractivity (Wildman–Crippen MR) is 111 cm³/mol. The van der Waals surface area contributed by atoms with Crippen LogP contribution in [0, 0.1) is 17.3 Å². The molecule has 2 fully saturated rings. The lowest BCUT2D eigenvalue weighted by molar-refractivity contribution is -0.00770. The Labute approximate surface area is 178 Å². The lowest BCUT2D eigenvalue weighted by Gasteiger charge is -2.50. The van der Waals surface area contributed by atoms with E-state index in [1.54, 1.807) is 6.07 Å². The van der Waals surface area contributed by atoms with E-state index < -0.39 is 20.4 Å². The maximum Gasteiger partial charge on any atom is 0.380 e. The topological polar surface area (TPSA) is 122 Å². The molecule has 3 aliphatic carbocycles. The molecular formula is C20H29NO7S2. The van der Waals surface area contributed by atoms with Crippen LogP contribution in [-0.4, -0.2) is 36.3 Å². The molecule has 10 heteroatoms. The fraction of sp³-hybridized carbons (Fsp3) is 0.700. The molecule has 168 valence electrons. The van der Waals surface area contributed by atoms with Crippen LogP contribution in [0.1, 0.15) is 56.1 Å². The third-order valence-corrected chi connectivity index (χ3v) is 8.41. The van der Waals surface area contributed by atoms with Crippen molar-refractivity contribution in [2.45, 2.75) is 57.5 Å². The molecule has 0 aromatic heterocycles. The van der Waals surface area contributed by atoms with Gasteiger partial charge in [0.1, 0.15) is 0 Å². The summed E-state index contributed by atoms with van der Waals surface area (Å²) in [7, 11) is -6.16. The van der Waals surface area contributed by atoms with Crippen molar-refractivity contribution >= 4 is 20.4 Å². The molecular weight excluding hydrogens is 430 g/mol. The Morgan fingerprint density at radius 1 is 1.07 bits per heavy atom. The van der Waals surface area contributed by atoms with E-state index in [2.05, 4.69) is 6.92 Å². The van der Waals surface area contributed by atoms with Gasteiger partial charge in [0.15, 0.2) is 11.5 Å². The van der Waals surface area contributed by atoms with Gasteiger partial charge in [-0.05, 0) is 85.0 Å². The lowest BCUT2D eigenvalue weighted by atomic mass is 9.55. The Hall–Kier alpha value is -1.36. The second-order valence-corrected chi connectivity index (χ2v) is 11.9. The van der Waals surface area contributed by atoms with E-state index in [0.29, 0.717) is 23.5 Å². The van der Waals surface area contributed by atoms with Gasteiger partial charge < -0.3 is 8.92 Å². The van der Waals surface area contributed by atoms with Gasteiger partial charge in [-0.1, -0.05) is 6.92 Å². The second kappa shape index (κ2) is 7.36. The maximum absolute atomic E-state index is 11.8. The van der Waals surface area contributed by atoms with Crippen LogP contribution < -0.4 is 14.1 Å². The van der Waals surface area contributed by atoms with E-state index in [0.717, 1.165) is 50.3 Å². The number of ether oxygens (including phenoxy) is 1. The van der Waals surface area contributed by atoms with Gasteiger partial charge in [0.05, 0.1) is 19.5 Å². The van der Waals surface area contributed by atoms with Crippen molar-refractivity contribution in [1.29, 1.82) is 0 Å². The number of hydrogen-bond acceptors (Lipinski definition) is 7. The maximum atomic E-state index is 11.8.